The Morgan fingerprint density at radius 1 is 0.933 bits per heavy atom. The van der Waals surface area contributed by atoms with E-state index in [1.54, 1.807) is 29.2 Å². The minimum atomic E-state index is -1.18. The van der Waals surface area contributed by atoms with Gasteiger partial charge in [-0.1, -0.05) is 30.3 Å². The molecule has 0 radical (unpaired) electrons. The van der Waals surface area contributed by atoms with Crippen molar-refractivity contribution in [3.63, 3.8) is 0 Å². The third-order valence-electron chi connectivity index (χ3n) is 5.49. The fourth-order valence-electron chi connectivity index (χ4n) is 4.12. The molecule has 0 aromatic heterocycles. The normalized spacial score (nSPS) is 20.2. The van der Waals surface area contributed by atoms with Gasteiger partial charge in [-0.05, 0) is 60.2 Å². The Hall–Kier alpha value is -3.45. The number of hydrogen-bond acceptors (Lipinski definition) is 2. The van der Waals surface area contributed by atoms with Crippen LogP contribution in [0.1, 0.15) is 17.5 Å². The van der Waals surface area contributed by atoms with Crippen molar-refractivity contribution in [3.05, 3.63) is 95.6 Å². The summed E-state index contributed by atoms with van der Waals surface area (Å²) in [7, 11) is 0. The molecule has 2 aliphatic rings. The van der Waals surface area contributed by atoms with E-state index in [1.807, 2.05) is 24.3 Å². The van der Waals surface area contributed by atoms with Crippen LogP contribution in [-0.2, 0) is 10.3 Å². The van der Waals surface area contributed by atoms with Crippen molar-refractivity contribution in [1.82, 2.24) is 0 Å². The molecule has 1 spiro atoms. The second-order valence-corrected chi connectivity index (χ2v) is 7.56. The lowest BCUT2D eigenvalue weighted by atomic mass is 9.81. The highest BCUT2D eigenvalue weighted by Gasteiger charge is 2.55. The van der Waals surface area contributed by atoms with Gasteiger partial charge in [0.25, 0.3) is 5.91 Å². The first-order chi connectivity index (χ1) is 14.5. The second-order valence-electron chi connectivity index (χ2n) is 7.20. The number of nitrogens with one attached hydrogen (secondary N) is 1. The number of anilines is 2. The van der Waals surface area contributed by atoms with Gasteiger partial charge in [-0.2, -0.15) is 0 Å². The van der Waals surface area contributed by atoms with Crippen molar-refractivity contribution < 1.29 is 13.6 Å². The molecular weight excluding hydrogens is 404 g/mol. The van der Waals surface area contributed by atoms with E-state index < -0.39 is 5.54 Å². The zero-order chi connectivity index (χ0) is 20.9. The van der Waals surface area contributed by atoms with Crippen LogP contribution in [0.5, 0.6) is 0 Å². The summed E-state index contributed by atoms with van der Waals surface area (Å²) >= 11 is 5.63. The Morgan fingerprint density at radius 2 is 1.57 bits per heavy atom. The van der Waals surface area contributed by atoms with Crippen LogP contribution in [0.4, 0.5) is 20.2 Å². The quantitative estimate of drug-likeness (QED) is 0.607. The van der Waals surface area contributed by atoms with E-state index >= 15 is 0 Å². The maximum atomic E-state index is 13.6. The van der Waals surface area contributed by atoms with Gasteiger partial charge in [0.15, 0.2) is 5.54 Å². The van der Waals surface area contributed by atoms with Gasteiger partial charge in [0.05, 0.1) is 5.71 Å². The standard InChI is InChI=1S/C23H15F2N3OS/c24-15-7-5-14(6-8-15)20-13-23(18-3-1-2-4-19(18)26-21(23)29)28(22(30)27-20)17-11-9-16(25)10-12-17/h1-12H,13H2,(H,26,29)/t23-/m0/s1. The van der Waals surface area contributed by atoms with Gasteiger partial charge in [-0.15, -0.1) is 0 Å². The molecule has 7 heteroatoms. The second kappa shape index (κ2) is 6.81. The largest absolute Gasteiger partial charge is 0.323 e. The van der Waals surface area contributed by atoms with E-state index in [1.165, 1.54) is 24.3 Å². The summed E-state index contributed by atoms with van der Waals surface area (Å²) in [5.41, 5.74) is 2.11. The molecule has 3 aromatic carbocycles. The summed E-state index contributed by atoms with van der Waals surface area (Å²) in [4.78, 5) is 19.7. The molecule has 3 aromatic rings. The van der Waals surface area contributed by atoms with Crippen LogP contribution in [-0.4, -0.2) is 16.7 Å². The number of aliphatic imine (C=N–C) groups is 1. The number of carbonyl (C=O) groups is 1. The number of nitrogens with zero attached hydrogens (tertiary/aromatic N) is 2. The smallest absolute Gasteiger partial charge is 0.255 e. The number of benzene rings is 3. The molecular formula is C23H15F2N3OS. The molecule has 0 fully saturated rings. The number of halogens is 2. The Labute approximate surface area is 176 Å². The number of carbonyl (C=O) groups excluding carboxylic acids is 1. The number of thiocarbonyl (C=S) groups is 1. The monoisotopic (exact) mass is 419 g/mol. The maximum absolute atomic E-state index is 13.6. The van der Waals surface area contributed by atoms with Gasteiger partial charge in [0.1, 0.15) is 11.6 Å². The summed E-state index contributed by atoms with van der Waals surface area (Å²) in [5, 5.41) is 3.12. The zero-order valence-corrected chi connectivity index (χ0v) is 16.4. The number of rotatable bonds is 2. The molecule has 0 saturated heterocycles. The first-order valence-electron chi connectivity index (χ1n) is 9.33. The van der Waals surface area contributed by atoms with Crippen molar-refractivity contribution >= 4 is 40.3 Å². The predicted octanol–water partition coefficient (Wildman–Crippen LogP) is 4.80. The van der Waals surface area contributed by atoms with E-state index in [2.05, 4.69) is 10.3 Å². The highest BCUT2D eigenvalue weighted by molar-refractivity contribution is 7.80. The van der Waals surface area contributed by atoms with Crippen LogP contribution in [0, 0.1) is 11.6 Å². The van der Waals surface area contributed by atoms with E-state index in [9.17, 15) is 13.6 Å². The molecule has 1 atom stereocenters. The van der Waals surface area contributed by atoms with Crippen molar-refractivity contribution in [3.8, 4) is 0 Å². The molecule has 2 aliphatic heterocycles. The predicted molar refractivity (Wildman–Crippen MR) is 116 cm³/mol. The average Bonchev–Trinajstić information content (AvgIpc) is 3.01. The van der Waals surface area contributed by atoms with Crippen molar-refractivity contribution in [2.75, 3.05) is 10.2 Å². The number of amides is 1. The number of hydrogen-bond donors (Lipinski definition) is 1. The molecule has 30 heavy (non-hydrogen) atoms. The van der Waals surface area contributed by atoms with Crippen molar-refractivity contribution in [2.45, 2.75) is 12.0 Å². The molecule has 1 amide bonds. The van der Waals surface area contributed by atoms with Crippen LogP contribution >= 0.6 is 12.2 Å². The fraction of sp³-hybridized carbons (Fsp3) is 0.0870. The lowest BCUT2D eigenvalue weighted by molar-refractivity contribution is -0.120. The number of fused-ring (bicyclic) bond motifs is 2. The minimum Gasteiger partial charge on any atom is -0.323 e. The summed E-state index contributed by atoms with van der Waals surface area (Å²) in [5.74, 6) is -0.989. The van der Waals surface area contributed by atoms with Gasteiger partial charge in [0, 0.05) is 23.4 Å². The molecule has 2 heterocycles. The maximum Gasteiger partial charge on any atom is 0.255 e. The summed E-state index contributed by atoms with van der Waals surface area (Å²) < 4.78 is 27.0. The summed E-state index contributed by atoms with van der Waals surface area (Å²) in [6, 6.07) is 19.2. The van der Waals surface area contributed by atoms with Gasteiger partial charge >= 0.3 is 0 Å². The number of para-hydroxylation sites is 1. The van der Waals surface area contributed by atoms with Gasteiger partial charge in [-0.3, -0.25) is 9.69 Å². The molecule has 0 saturated carbocycles. The van der Waals surface area contributed by atoms with Crippen LogP contribution < -0.4 is 10.2 Å². The highest BCUT2D eigenvalue weighted by Crippen LogP contribution is 2.47. The molecule has 148 valence electrons. The summed E-state index contributed by atoms with van der Waals surface area (Å²) in [6.07, 6.45) is 0.221. The van der Waals surface area contributed by atoms with E-state index in [0.29, 0.717) is 22.6 Å². The fourth-order valence-corrected chi connectivity index (χ4v) is 4.49. The molecule has 0 bridgehead atoms. The Balaban J connectivity index is 1.73. The topological polar surface area (TPSA) is 44.7 Å². The first-order valence-corrected chi connectivity index (χ1v) is 9.74. The van der Waals surface area contributed by atoms with Crippen LogP contribution in [0.25, 0.3) is 0 Å². The first kappa shape index (κ1) is 18.6. The van der Waals surface area contributed by atoms with Crippen LogP contribution in [0.3, 0.4) is 0 Å². The molecule has 0 unspecified atom stereocenters. The molecule has 4 nitrogen and oxygen atoms in total. The lowest BCUT2D eigenvalue weighted by Gasteiger charge is -2.43. The molecule has 0 aliphatic carbocycles. The highest BCUT2D eigenvalue weighted by atomic mass is 32.1. The average molecular weight is 419 g/mol. The van der Waals surface area contributed by atoms with Crippen molar-refractivity contribution in [2.24, 2.45) is 4.99 Å². The molecule has 5 rings (SSSR count). The Kier molecular flexibility index (Phi) is 4.22. The van der Waals surface area contributed by atoms with E-state index in [0.717, 1.165) is 5.56 Å². The third-order valence-corrected chi connectivity index (χ3v) is 5.76. The third kappa shape index (κ3) is 2.74. The SMILES string of the molecule is O=C1Nc2ccccc2[C@@]12CC(c1ccc(F)cc1)=NC(=S)N2c1ccc(F)cc1. The van der Waals surface area contributed by atoms with E-state index in [-0.39, 0.29) is 29.1 Å². The Morgan fingerprint density at radius 3 is 2.27 bits per heavy atom. The van der Waals surface area contributed by atoms with Gasteiger partial charge in [0.2, 0.25) is 5.11 Å². The lowest BCUT2D eigenvalue weighted by Crippen LogP contribution is -2.57. The molecule has 1 N–H and O–H groups in total. The summed E-state index contributed by atoms with van der Waals surface area (Å²) in [6.45, 7) is 0. The Bertz CT molecular complexity index is 1210. The van der Waals surface area contributed by atoms with Crippen molar-refractivity contribution in [1.29, 1.82) is 0 Å². The van der Waals surface area contributed by atoms with Gasteiger partial charge < -0.3 is 5.32 Å². The van der Waals surface area contributed by atoms with Crippen LogP contribution in [0.15, 0.2) is 77.8 Å². The van der Waals surface area contributed by atoms with Crippen LogP contribution in [0.2, 0.25) is 0 Å². The minimum absolute atomic E-state index is 0.180. The zero-order valence-electron chi connectivity index (χ0n) is 15.6. The van der Waals surface area contributed by atoms with Gasteiger partial charge in [-0.25, -0.2) is 13.8 Å². The van der Waals surface area contributed by atoms with E-state index in [4.69, 9.17) is 12.2 Å².